The number of hydrogen-bond acceptors (Lipinski definition) is 5. The van der Waals surface area contributed by atoms with Gasteiger partial charge in [0.1, 0.15) is 0 Å². The summed E-state index contributed by atoms with van der Waals surface area (Å²) in [4.78, 5) is 9.88. The fourth-order valence-corrected chi connectivity index (χ4v) is 4.11. The predicted molar refractivity (Wildman–Crippen MR) is 102 cm³/mol. The second kappa shape index (κ2) is 7.55. The van der Waals surface area contributed by atoms with E-state index >= 15 is 0 Å². The van der Waals surface area contributed by atoms with Gasteiger partial charge < -0.3 is 0 Å². The van der Waals surface area contributed by atoms with E-state index in [0.717, 1.165) is 12.1 Å². The lowest BCUT2D eigenvalue weighted by atomic mass is 10.2. The van der Waals surface area contributed by atoms with Gasteiger partial charge in [0, 0.05) is 27.9 Å². The van der Waals surface area contributed by atoms with Gasteiger partial charge in [-0.15, -0.1) is 0 Å². The lowest BCUT2D eigenvalue weighted by Gasteiger charge is -2.07. The van der Waals surface area contributed by atoms with Crippen molar-refractivity contribution in [3.8, 4) is 0 Å². The number of para-hydroxylation sites is 1. The van der Waals surface area contributed by atoms with E-state index in [-0.39, 0.29) is 12.2 Å². The van der Waals surface area contributed by atoms with Crippen LogP contribution in [0.15, 0.2) is 59.8 Å². The number of nitro groups is 1. The second-order valence-corrected chi connectivity index (χ2v) is 7.92. The first-order valence-electron chi connectivity index (χ1n) is 7.49. The van der Waals surface area contributed by atoms with Crippen molar-refractivity contribution in [2.45, 2.75) is 11.4 Å². The van der Waals surface area contributed by atoms with Crippen molar-refractivity contribution in [3.63, 3.8) is 0 Å². The summed E-state index contributed by atoms with van der Waals surface area (Å²) >= 11 is 12.2. The van der Waals surface area contributed by atoms with Crippen LogP contribution in [0.4, 0.5) is 11.4 Å². The smallest absolute Gasteiger partial charge is 0.276 e. The van der Waals surface area contributed by atoms with Crippen LogP contribution in [-0.4, -0.2) is 23.1 Å². The largest absolute Gasteiger partial charge is 0.289 e. The van der Waals surface area contributed by atoms with Crippen LogP contribution in [0, 0.1) is 10.1 Å². The summed E-state index contributed by atoms with van der Waals surface area (Å²) in [6.07, 6.45) is 2.73. The number of nitro benzene ring substituents is 1. The highest BCUT2D eigenvalue weighted by Crippen LogP contribution is 2.27. The van der Waals surface area contributed by atoms with Crippen LogP contribution in [0.5, 0.6) is 0 Å². The van der Waals surface area contributed by atoms with Crippen molar-refractivity contribution in [2.24, 2.45) is 0 Å². The number of halogens is 2. The van der Waals surface area contributed by atoms with Crippen LogP contribution < -0.4 is 4.72 Å². The minimum absolute atomic E-state index is 0.149. The standard InChI is InChI=1S/C16H12Cl2N4O4S/c17-13-4-3-5-14(18)12(13)10-21-9-11(8-19-21)20-27(25,26)16-7-2-1-6-15(16)22(23)24/h1-9,20H,10H2. The molecule has 1 aromatic heterocycles. The number of anilines is 1. The quantitative estimate of drug-likeness (QED) is 0.474. The molecular weight excluding hydrogens is 415 g/mol. The third kappa shape index (κ3) is 4.21. The molecule has 8 nitrogen and oxygen atoms in total. The Balaban J connectivity index is 1.85. The second-order valence-electron chi connectivity index (χ2n) is 5.46. The van der Waals surface area contributed by atoms with Crippen molar-refractivity contribution in [2.75, 3.05) is 4.72 Å². The molecule has 3 aromatic rings. The maximum absolute atomic E-state index is 12.5. The van der Waals surface area contributed by atoms with E-state index in [1.54, 1.807) is 18.2 Å². The first-order valence-corrected chi connectivity index (χ1v) is 9.73. The summed E-state index contributed by atoms with van der Waals surface area (Å²) in [5, 5.41) is 16.0. The van der Waals surface area contributed by atoms with Crippen LogP contribution in [0.1, 0.15) is 5.56 Å². The summed E-state index contributed by atoms with van der Waals surface area (Å²) in [5.74, 6) is 0. The summed E-state index contributed by atoms with van der Waals surface area (Å²) in [7, 11) is -4.16. The summed E-state index contributed by atoms with van der Waals surface area (Å²) in [6.45, 7) is 0.228. The van der Waals surface area contributed by atoms with Crippen molar-refractivity contribution in [3.05, 3.63) is 80.6 Å². The Bertz CT molecular complexity index is 1090. The fraction of sp³-hybridized carbons (Fsp3) is 0.0625. The molecule has 0 atom stereocenters. The summed E-state index contributed by atoms with van der Waals surface area (Å²) in [6, 6.07) is 10.2. The zero-order valence-corrected chi connectivity index (χ0v) is 15.9. The lowest BCUT2D eigenvalue weighted by Crippen LogP contribution is -2.14. The van der Waals surface area contributed by atoms with Crippen molar-refractivity contribution in [1.82, 2.24) is 9.78 Å². The molecule has 0 unspecified atom stereocenters. The van der Waals surface area contributed by atoms with Gasteiger partial charge >= 0.3 is 0 Å². The molecule has 0 bridgehead atoms. The topological polar surface area (TPSA) is 107 Å². The first-order chi connectivity index (χ1) is 12.8. The maximum Gasteiger partial charge on any atom is 0.289 e. The van der Waals surface area contributed by atoms with Crippen molar-refractivity contribution < 1.29 is 13.3 Å². The average molecular weight is 427 g/mol. The van der Waals surface area contributed by atoms with E-state index in [1.165, 1.54) is 29.2 Å². The highest BCUT2D eigenvalue weighted by Gasteiger charge is 2.25. The van der Waals surface area contributed by atoms with Gasteiger partial charge in [-0.25, -0.2) is 8.42 Å². The van der Waals surface area contributed by atoms with E-state index in [9.17, 15) is 18.5 Å². The minimum Gasteiger partial charge on any atom is -0.276 e. The molecule has 0 spiro atoms. The number of benzene rings is 2. The van der Waals surface area contributed by atoms with Gasteiger partial charge in [0.25, 0.3) is 15.7 Å². The summed E-state index contributed by atoms with van der Waals surface area (Å²) < 4.78 is 28.7. The normalized spacial score (nSPS) is 11.3. The monoisotopic (exact) mass is 426 g/mol. The number of hydrogen-bond donors (Lipinski definition) is 1. The minimum atomic E-state index is -4.16. The van der Waals surface area contributed by atoms with Gasteiger partial charge in [-0.3, -0.25) is 19.5 Å². The van der Waals surface area contributed by atoms with Crippen LogP contribution in [0.25, 0.3) is 0 Å². The zero-order chi connectivity index (χ0) is 19.6. The van der Waals surface area contributed by atoms with Gasteiger partial charge in [0.2, 0.25) is 0 Å². The zero-order valence-electron chi connectivity index (χ0n) is 13.5. The molecule has 0 aliphatic heterocycles. The Labute approximate surface area is 164 Å². The Hall–Kier alpha value is -2.62. The predicted octanol–water partition coefficient (Wildman–Crippen LogP) is 3.95. The molecule has 27 heavy (non-hydrogen) atoms. The summed E-state index contributed by atoms with van der Waals surface area (Å²) in [5.41, 5.74) is 0.272. The first kappa shape index (κ1) is 19.2. The van der Waals surface area contributed by atoms with Gasteiger partial charge in [0.15, 0.2) is 4.90 Å². The molecule has 11 heteroatoms. The number of nitrogens with one attached hydrogen (secondary N) is 1. The lowest BCUT2D eigenvalue weighted by molar-refractivity contribution is -0.387. The third-order valence-electron chi connectivity index (χ3n) is 3.62. The average Bonchev–Trinajstić information content (AvgIpc) is 3.04. The molecule has 1 N–H and O–H groups in total. The molecule has 0 saturated carbocycles. The molecule has 0 aliphatic carbocycles. The van der Waals surface area contributed by atoms with Gasteiger partial charge in [-0.05, 0) is 18.2 Å². The van der Waals surface area contributed by atoms with Crippen LogP contribution >= 0.6 is 23.2 Å². The Morgan fingerprint density at radius 1 is 1.11 bits per heavy atom. The van der Waals surface area contributed by atoms with Gasteiger partial charge in [0.05, 0.1) is 23.4 Å². The Kier molecular flexibility index (Phi) is 5.36. The van der Waals surface area contributed by atoms with E-state index in [1.807, 2.05) is 0 Å². The number of nitrogens with zero attached hydrogens (tertiary/aromatic N) is 3. The molecule has 0 saturated heterocycles. The van der Waals surface area contributed by atoms with E-state index in [0.29, 0.717) is 15.6 Å². The molecule has 2 aromatic carbocycles. The van der Waals surface area contributed by atoms with E-state index in [4.69, 9.17) is 23.2 Å². The van der Waals surface area contributed by atoms with Gasteiger partial charge in [-0.1, -0.05) is 41.4 Å². The van der Waals surface area contributed by atoms with Crippen molar-refractivity contribution in [1.29, 1.82) is 0 Å². The highest BCUT2D eigenvalue weighted by molar-refractivity contribution is 7.92. The fourth-order valence-electron chi connectivity index (χ4n) is 2.39. The molecule has 3 rings (SSSR count). The molecular formula is C16H12Cl2N4O4S. The molecule has 0 fully saturated rings. The maximum atomic E-state index is 12.5. The van der Waals surface area contributed by atoms with Crippen LogP contribution in [0.2, 0.25) is 10.0 Å². The SMILES string of the molecule is O=[N+]([O-])c1ccccc1S(=O)(=O)Nc1cnn(Cc2c(Cl)cccc2Cl)c1. The van der Waals surface area contributed by atoms with E-state index in [2.05, 4.69) is 9.82 Å². The molecule has 140 valence electrons. The Morgan fingerprint density at radius 3 is 2.44 bits per heavy atom. The van der Waals surface area contributed by atoms with Crippen LogP contribution in [-0.2, 0) is 16.6 Å². The third-order valence-corrected chi connectivity index (χ3v) is 5.76. The number of rotatable bonds is 6. The molecule has 0 aliphatic rings. The molecule has 0 radical (unpaired) electrons. The number of aromatic nitrogens is 2. The Morgan fingerprint density at radius 2 is 1.78 bits per heavy atom. The van der Waals surface area contributed by atoms with Crippen molar-refractivity contribution >= 4 is 44.6 Å². The molecule has 1 heterocycles. The van der Waals surface area contributed by atoms with Gasteiger partial charge in [-0.2, -0.15) is 5.10 Å². The molecule has 0 amide bonds. The van der Waals surface area contributed by atoms with Crippen LogP contribution in [0.3, 0.4) is 0 Å². The highest BCUT2D eigenvalue weighted by atomic mass is 35.5. The number of sulfonamides is 1. The van der Waals surface area contributed by atoms with E-state index < -0.39 is 25.5 Å².